The minimum absolute atomic E-state index is 0.292. The van der Waals surface area contributed by atoms with E-state index in [-0.39, 0.29) is 11.8 Å². The molecule has 2 N–H and O–H groups in total. The van der Waals surface area contributed by atoms with Crippen molar-refractivity contribution in [3.8, 4) is 0 Å². The van der Waals surface area contributed by atoms with E-state index in [9.17, 15) is 14.1 Å². The molecule has 1 atom stereocenters. The van der Waals surface area contributed by atoms with Gasteiger partial charge in [0.2, 0.25) is 4.90 Å². The predicted octanol–water partition coefficient (Wildman–Crippen LogP) is 1.95. The largest absolute Gasteiger partial charge is 0.587 e. The third-order valence-electron chi connectivity index (χ3n) is 3.96. The second-order valence-corrected chi connectivity index (χ2v) is 6.97. The molecule has 0 saturated carbocycles. The van der Waals surface area contributed by atoms with Crippen LogP contribution in [0.25, 0.3) is 0 Å². The lowest BCUT2D eigenvalue weighted by atomic mass is 10.1. The highest BCUT2D eigenvalue weighted by atomic mass is 32.2. The third-order valence-corrected chi connectivity index (χ3v) is 5.37. The fourth-order valence-corrected chi connectivity index (χ4v) is 3.87. The second-order valence-electron chi connectivity index (χ2n) is 5.64. The molecule has 7 nitrogen and oxygen atoms in total. The number of rotatable bonds is 3. The number of carbonyl (C=O) groups is 2. The van der Waals surface area contributed by atoms with Gasteiger partial charge in [-0.05, 0) is 42.5 Å². The number of hydrogen-bond donors (Lipinski definition) is 2. The van der Waals surface area contributed by atoms with Crippen LogP contribution in [0.15, 0.2) is 65.8 Å². The van der Waals surface area contributed by atoms with Gasteiger partial charge >= 0.3 is 0 Å². The van der Waals surface area contributed by atoms with E-state index < -0.39 is 11.4 Å². The van der Waals surface area contributed by atoms with Crippen LogP contribution in [0.4, 0.5) is 5.69 Å². The van der Waals surface area contributed by atoms with Crippen LogP contribution in [0.5, 0.6) is 0 Å². The average Bonchev–Trinajstić information content (AvgIpc) is 3.13. The number of aromatic nitrogens is 2. The van der Waals surface area contributed by atoms with Crippen molar-refractivity contribution >= 4 is 28.9 Å². The van der Waals surface area contributed by atoms with Gasteiger partial charge in [-0.2, -0.15) is 3.97 Å². The Bertz CT molecular complexity index is 987. The maximum absolute atomic E-state index is 12.7. The fourth-order valence-electron chi connectivity index (χ4n) is 2.68. The molecule has 130 valence electrons. The number of nitrogens with one attached hydrogen (secondary N) is 2. The van der Waals surface area contributed by atoms with Crippen molar-refractivity contribution in [1.82, 2.24) is 14.3 Å². The van der Waals surface area contributed by atoms with Crippen LogP contribution >= 0.6 is 0 Å². The maximum atomic E-state index is 12.7. The SMILES string of the molecule is O=C(NCc1ccccn1)c1ccc2c(c1)NC(=O)c1cccn1[S+]2[O-]. The zero-order chi connectivity index (χ0) is 18.1. The highest BCUT2D eigenvalue weighted by Gasteiger charge is 2.30. The Kier molecular flexibility index (Phi) is 4.19. The van der Waals surface area contributed by atoms with E-state index in [1.165, 1.54) is 10.0 Å². The highest BCUT2D eigenvalue weighted by Crippen LogP contribution is 2.29. The number of amides is 2. The Labute approximate surface area is 152 Å². The minimum Gasteiger partial charge on any atom is -0.587 e. The lowest BCUT2D eigenvalue weighted by Crippen LogP contribution is -2.23. The molecule has 1 aliphatic heterocycles. The van der Waals surface area contributed by atoms with Crippen LogP contribution in [0.2, 0.25) is 0 Å². The van der Waals surface area contributed by atoms with E-state index in [2.05, 4.69) is 15.6 Å². The van der Waals surface area contributed by atoms with E-state index in [0.29, 0.717) is 28.4 Å². The van der Waals surface area contributed by atoms with Gasteiger partial charge in [0.1, 0.15) is 17.0 Å². The van der Waals surface area contributed by atoms with E-state index in [4.69, 9.17) is 0 Å². The molecule has 0 bridgehead atoms. The molecule has 0 fully saturated rings. The van der Waals surface area contributed by atoms with Crippen molar-refractivity contribution in [3.05, 3.63) is 77.9 Å². The number of nitrogens with zero attached hydrogens (tertiary/aromatic N) is 2. The van der Waals surface area contributed by atoms with Crippen LogP contribution < -0.4 is 10.6 Å². The van der Waals surface area contributed by atoms with E-state index in [0.717, 1.165) is 5.69 Å². The van der Waals surface area contributed by atoms with Crippen molar-refractivity contribution in [2.45, 2.75) is 11.4 Å². The molecule has 0 aliphatic carbocycles. The van der Waals surface area contributed by atoms with Gasteiger partial charge < -0.3 is 15.2 Å². The summed E-state index contributed by atoms with van der Waals surface area (Å²) in [4.78, 5) is 29.3. The van der Waals surface area contributed by atoms with Crippen molar-refractivity contribution in [2.75, 3.05) is 5.32 Å². The zero-order valence-electron chi connectivity index (χ0n) is 13.5. The molecule has 26 heavy (non-hydrogen) atoms. The first-order valence-corrected chi connectivity index (χ1v) is 8.97. The maximum Gasteiger partial charge on any atom is 0.277 e. The van der Waals surface area contributed by atoms with Crippen molar-refractivity contribution in [1.29, 1.82) is 0 Å². The van der Waals surface area contributed by atoms with Gasteiger partial charge in [0.05, 0.1) is 18.4 Å². The number of fused-ring (bicyclic) bond motifs is 2. The second kappa shape index (κ2) is 6.66. The van der Waals surface area contributed by atoms with Gasteiger partial charge in [0.15, 0.2) is 5.69 Å². The summed E-state index contributed by atoms with van der Waals surface area (Å²) in [6.07, 6.45) is 3.25. The molecule has 1 aliphatic rings. The highest BCUT2D eigenvalue weighted by molar-refractivity contribution is 7.90. The molecular formula is C18H14N4O3S. The number of pyridine rings is 1. The fraction of sp³-hybridized carbons (Fsp3) is 0.0556. The number of benzene rings is 1. The Morgan fingerprint density at radius 2 is 2.12 bits per heavy atom. The lowest BCUT2D eigenvalue weighted by molar-refractivity contribution is 0.0949. The third kappa shape index (κ3) is 2.96. The quantitative estimate of drug-likeness (QED) is 0.692. The molecule has 2 amide bonds. The van der Waals surface area contributed by atoms with Crippen LogP contribution in [-0.4, -0.2) is 25.3 Å². The Balaban J connectivity index is 1.58. The van der Waals surface area contributed by atoms with Crippen molar-refractivity contribution < 1.29 is 14.1 Å². The Morgan fingerprint density at radius 1 is 1.23 bits per heavy atom. The van der Waals surface area contributed by atoms with Gasteiger partial charge in [-0.1, -0.05) is 6.07 Å². The summed E-state index contributed by atoms with van der Waals surface area (Å²) >= 11 is -1.56. The monoisotopic (exact) mass is 366 g/mol. The molecule has 0 radical (unpaired) electrons. The smallest absolute Gasteiger partial charge is 0.277 e. The first-order valence-electron chi connectivity index (χ1n) is 7.86. The molecule has 2 aromatic heterocycles. The summed E-state index contributed by atoms with van der Waals surface area (Å²) in [5.41, 5.74) is 1.77. The minimum atomic E-state index is -1.56. The standard InChI is InChI=1S/C18H14N4O3S/c23-17(20-11-13-4-1-2-8-19-13)12-6-7-16-14(10-12)21-18(24)15-5-3-9-22(15)26(16)25/h1-10H,11H2,(H,20,23)(H,21,24). The average molecular weight is 366 g/mol. The normalized spacial score (nSPS) is 15.4. The summed E-state index contributed by atoms with van der Waals surface area (Å²) in [7, 11) is 0. The van der Waals surface area contributed by atoms with Gasteiger partial charge in [0.25, 0.3) is 11.8 Å². The first-order chi connectivity index (χ1) is 12.6. The van der Waals surface area contributed by atoms with Crippen LogP contribution in [-0.2, 0) is 17.9 Å². The summed E-state index contributed by atoms with van der Waals surface area (Å²) in [6, 6.07) is 13.4. The molecule has 1 aromatic carbocycles. The van der Waals surface area contributed by atoms with E-state index in [1.54, 1.807) is 42.7 Å². The van der Waals surface area contributed by atoms with Crippen molar-refractivity contribution in [3.63, 3.8) is 0 Å². The molecular weight excluding hydrogens is 352 g/mol. The lowest BCUT2D eigenvalue weighted by Gasteiger charge is -2.12. The number of carbonyl (C=O) groups excluding carboxylic acids is 2. The summed E-state index contributed by atoms with van der Waals surface area (Å²) in [5.74, 6) is -0.671. The molecule has 0 spiro atoms. The molecule has 3 heterocycles. The summed E-state index contributed by atoms with van der Waals surface area (Å²) in [6.45, 7) is 0.292. The zero-order valence-corrected chi connectivity index (χ0v) is 14.3. The topological polar surface area (TPSA) is 99.1 Å². The Hall–Kier alpha value is -3.10. The van der Waals surface area contributed by atoms with Gasteiger partial charge in [-0.3, -0.25) is 14.6 Å². The van der Waals surface area contributed by atoms with Crippen LogP contribution in [0, 0.1) is 0 Å². The predicted molar refractivity (Wildman–Crippen MR) is 96.0 cm³/mol. The summed E-state index contributed by atoms with van der Waals surface area (Å²) < 4.78 is 14.1. The van der Waals surface area contributed by atoms with E-state index >= 15 is 0 Å². The van der Waals surface area contributed by atoms with Crippen LogP contribution in [0.3, 0.4) is 0 Å². The Morgan fingerprint density at radius 3 is 2.92 bits per heavy atom. The number of hydrogen-bond acceptors (Lipinski definition) is 4. The molecule has 3 aromatic rings. The molecule has 1 unspecified atom stereocenters. The summed E-state index contributed by atoms with van der Waals surface area (Å²) in [5, 5.41) is 5.50. The number of anilines is 1. The van der Waals surface area contributed by atoms with Crippen molar-refractivity contribution in [2.24, 2.45) is 0 Å². The molecule has 0 saturated heterocycles. The first kappa shape index (κ1) is 16.4. The molecule has 4 rings (SSSR count). The van der Waals surface area contributed by atoms with Gasteiger partial charge in [-0.15, -0.1) is 0 Å². The van der Waals surface area contributed by atoms with E-state index in [1.807, 2.05) is 12.1 Å². The molecule has 8 heteroatoms. The van der Waals surface area contributed by atoms with Gasteiger partial charge in [-0.25, -0.2) is 0 Å². The van der Waals surface area contributed by atoms with Crippen LogP contribution in [0.1, 0.15) is 26.5 Å². The van der Waals surface area contributed by atoms with Gasteiger partial charge in [0, 0.05) is 11.8 Å².